The molecule has 10 aliphatic carbocycles. The number of hydrogen-bond donors (Lipinski definition) is 1. The molecule has 10 aliphatic rings. The predicted molar refractivity (Wildman–Crippen MR) is 306 cm³/mol. The number of esters is 3. The van der Waals surface area contributed by atoms with Crippen molar-refractivity contribution in [1.29, 1.82) is 0 Å². The zero-order valence-corrected chi connectivity index (χ0v) is 55.7. The van der Waals surface area contributed by atoms with E-state index in [0.29, 0.717) is 89.3 Å². The van der Waals surface area contributed by atoms with Crippen LogP contribution in [0.3, 0.4) is 0 Å². The molecule has 0 aliphatic heterocycles. The van der Waals surface area contributed by atoms with E-state index in [1.165, 1.54) is 107 Å². The van der Waals surface area contributed by atoms with Crippen LogP contribution in [0.5, 0.6) is 0 Å². The van der Waals surface area contributed by atoms with Crippen LogP contribution in [0.4, 0.5) is 0 Å². The average molecular weight is 1110 g/mol. The Hall–Kier alpha value is -0.594. The minimum atomic E-state index is -0.221. The fourth-order valence-corrected chi connectivity index (χ4v) is 24.3. The maximum absolute atomic E-state index is 12.5. The van der Waals surface area contributed by atoms with Crippen molar-refractivity contribution >= 4 is 17.9 Å². The van der Waals surface area contributed by atoms with Crippen molar-refractivity contribution in [3.8, 4) is 0 Å². The number of aliphatic hydroxyl groups is 1. The van der Waals surface area contributed by atoms with Crippen LogP contribution in [-0.2, 0) is 33.3 Å². The molecule has 0 aromatic carbocycles. The normalized spacial score (nSPS) is 47.9. The van der Waals surface area contributed by atoms with Gasteiger partial charge in [-0.25, -0.2) is 4.79 Å². The fraction of sp³-hybridized carbons (Fsp3) is 0.897. The molecule has 0 saturated heterocycles. The smallest absolute Gasteiger partial charge is 0.870 e. The topological polar surface area (TPSA) is 138 Å². The van der Waals surface area contributed by atoms with Crippen molar-refractivity contribution < 1.29 is 95.3 Å². The van der Waals surface area contributed by atoms with Crippen molar-refractivity contribution in [2.24, 2.45) is 113 Å². The van der Waals surface area contributed by atoms with Gasteiger partial charge in [-0.1, -0.05) is 93.5 Å². The van der Waals surface area contributed by atoms with E-state index in [4.69, 9.17) is 18.9 Å². The summed E-state index contributed by atoms with van der Waals surface area (Å²) < 4.78 is 23.2. The third-order valence-electron chi connectivity index (χ3n) is 28.2. The Morgan fingerprint density at radius 2 is 0.910 bits per heavy atom. The van der Waals surface area contributed by atoms with Crippen LogP contribution in [0.2, 0.25) is 0 Å². The Morgan fingerprint density at radius 3 is 1.31 bits per heavy atom. The Balaban J connectivity index is 0.000000223. The molecule has 20 atom stereocenters. The van der Waals surface area contributed by atoms with E-state index >= 15 is 0 Å². The molecule has 0 bridgehead atoms. The number of fused-ring (bicyclic) bond motifs is 14. The van der Waals surface area contributed by atoms with Crippen molar-refractivity contribution in [3.05, 3.63) is 24.3 Å². The first-order valence-corrected chi connectivity index (χ1v) is 31.4. The third-order valence-corrected chi connectivity index (χ3v) is 28.2. The summed E-state index contributed by atoms with van der Waals surface area (Å²) in [5.41, 5.74) is 4.59. The molecule has 0 aromatic rings. The van der Waals surface area contributed by atoms with Crippen molar-refractivity contribution in [1.82, 2.24) is 0 Å². The van der Waals surface area contributed by atoms with Gasteiger partial charge in [-0.05, 0) is 246 Å². The number of allylic oxidation sites excluding steroid dienone is 2. The number of ether oxygens (including phenoxy) is 4. The Kier molecular flexibility index (Phi) is 18.9. The Bertz CT molecular complexity index is 2260. The van der Waals surface area contributed by atoms with Gasteiger partial charge in [0.05, 0.1) is 6.61 Å². The molecule has 10 fully saturated rings. The van der Waals surface area contributed by atoms with E-state index < -0.39 is 0 Å². The van der Waals surface area contributed by atoms with E-state index in [2.05, 4.69) is 96.2 Å². The zero-order chi connectivity index (χ0) is 55.6. The molecular weight excluding hydrogens is 1000 g/mol. The van der Waals surface area contributed by atoms with Crippen molar-refractivity contribution in [2.45, 2.75) is 244 Å². The maximum Gasteiger partial charge on any atom is 1.00 e. The van der Waals surface area contributed by atoms with Crippen LogP contribution in [0.1, 0.15) is 232 Å². The monoisotopic (exact) mass is 1110 g/mol. The molecule has 10 heteroatoms. The summed E-state index contributed by atoms with van der Waals surface area (Å²) in [4.78, 5) is 36.4. The second kappa shape index (κ2) is 22.7. The van der Waals surface area contributed by atoms with Crippen molar-refractivity contribution in [3.63, 3.8) is 0 Å². The number of carbonyl (C=O) groups excluding carboxylic acids is 3. The second-order valence-corrected chi connectivity index (χ2v) is 31.5. The molecule has 0 unspecified atom stereocenters. The number of carbonyl (C=O) groups is 3. The maximum atomic E-state index is 12.5. The van der Waals surface area contributed by atoms with Crippen LogP contribution in [0.15, 0.2) is 24.3 Å². The number of aliphatic hydroxyl groups excluding tert-OH is 1. The first-order valence-electron chi connectivity index (χ1n) is 31.4. The Labute approximate surface area is 517 Å². The number of hydrogen-bond acceptors (Lipinski definition) is 9. The number of rotatable bonds is 10. The summed E-state index contributed by atoms with van der Waals surface area (Å²) in [7, 11) is 0. The van der Waals surface area contributed by atoms with Gasteiger partial charge in [0, 0.05) is 43.3 Å². The van der Waals surface area contributed by atoms with Crippen LogP contribution < -0.4 is 51.4 Å². The van der Waals surface area contributed by atoms with E-state index in [0.717, 1.165) is 38.0 Å². The van der Waals surface area contributed by atoms with Gasteiger partial charge in [0.25, 0.3) is 0 Å². The van der Waals surface area contributed by atoms with Gasteiger partial charge in [-0.2, -0.15) is 0 Å². The minimum absolute atomic E-state index is 0. The molecule has 0 amide bonds. The van der Waals surface area contributed by atoms with Gasteiger partial charge in [0.15, 0.2) is 0 Å². The van der Waals surface area contributed by atoms with Crippen LogP contribution in [0, 0.1) is 113 Å². The molecule has 0 aromatic heterocycles. The summed E-state index contributed by atoms with van der Waals surface area (Å²) in [5.74, 6) is 5.60. The Morgan fingerprint density at radius 1 is 0.500 bits per heavy atom. The summed E-state index contributed by atoms with van der Waals surface area (Å²) >= 11 is 0. The molecule has 10 rings (SSSR count). The molecule has 0 spiro atoms. The van der Waals surface area contributed by atoms with Crippen LogP contribution >= 0.6 is 0 Å². The van der Waals surface area contributed by atoms with Gasteiger partial charge >= 0.3 is 69.3 Å². The largest absolute Gasteiger partial charge is 1.00 e. The van der Waals surface area contributed by atoms with E-state index in [-0.39, 0.29) is 131 Å². The molecule has 2 N–H and O–H groups in total. The SMILES string of the molecule is C=C(C)[C@@H]1CC[C@]2(CO)CC[C@]3(C)[C@H](CC[C@@H]4[C@@]5(C)CC[C@H](OC(C)=O)C(C)(C)[C@@H]5CC[C@]43C)[C@@H]12.C=C(C)[C@@H]1CC[C@]2(COC(=O)COCC)CC[C@]3(C)[C@H](CC[C@@H]4[C@@]5(C)CC[C@H](OC(C)=O)C(C)(C)[C@@H]5CC[C@]43C)[C@@H]12.[K+].[OH-]. The quantitative estimate of drug-likeness (QED) is 0.0980. The zero-order valence-electron chi connectivity index (χ0n) is 52.6. The first-order chi connectivity index (χ1) is 35.4. The summed E-state index contributed by atoms with van der Waals surface area (Å²) in [6.07, 6.45) is 24.0. The molecule has 9 nitrogen and oxygen atoms in total. The summed E-state index contributed by atoms with van der Waals surface area (Å²) in [6.45, 7) is 45.3. The van der Waals surface area contributed by atoms with E-state index in [1.807, 2.05) is 6.92 Å². The summed E-state index contributed by atoms with van der Waals surface area (Å²) in [5, 5.41) is 10.7. The van der Waals surface area contributed by atoms with Gasteiger partial charge in [0.1, 0.15) is 18.8 Å². The van der Waals surface area contributed by atoms with Gasteiger partial charge in [-0.3, -0.25) is 9.59 Å². The third kappa shape index (κ3) is 9.80. The van der Waals surface area contributed by atoms with Crippen LogP contribution in [-0.4, -0.2) is 67.1 Å². The van der Waals surface area contributed by atoms with Crippen LogP contribution in [0.25, 0.3) is 0 Å². The fourth-order valence-electron chi connectivity index (χ4n) is 24.3. The van der Waals surface area contributed by atoms with Gasteiger partial charge < -0.3 is 29.5 Å². The molecule has 10 saturated carbocycles. The van der Waals surface area contributed by atoms with E-state index in [1.54, 1.807) is 13.8 Å². The molecule has 0 heterocycles. The summed E-state index contributed by atoms with van der Waals surface area (Å²) in [6, 6.07) is 0. The molecule has 438 valence electrons. The molecule has 0 radical (unpaired) electrons. The second-order valence-electron chi connectivity index (χ2n) is 31.5. The molecule has 78 heavy (non-hydrogen) atoms. The minimum Gasteiger partial charge on any atom is -0.870 e. The standard InChI is InChI=1S/C36H58O5.C32H52O3.K.H2O/c1-10-39-21-30(38)40-22-36-18-13-25(23(2)3)31(36)26-11-12-28-33(7)16-15-29(41-24(4)37)32(5,6)27(33)14-17-35(28,9)34(26,8)19-20-36;1-20(2)22-11-16-32(19-33)18-17-30(7)23(27(22)32)9-10-25-29(6)14-13-26(35-21(3)34)28(4,5)24(29)12-15-31(25,30)8;;/h25-29,31H,2,10-22H2,1,3-9H3;22-27,33H,1,9-19H2,2-8H3;;1H2/q;;+1;/p-1/t25-,26+,27-,28+,29-,31+,33-,34+,35+,36+;22-,23+,24-,25+,26-,27+,29-,30+,31+,32+;;/m00../s1. The average Bonchev–Trinajstić information content (AvgIpc) is 3.94. The van der Waals surface area contributed by atoms with Gasteiger partial charge in [-0.15, -0.1) is 0 Å². The predicted octanol–water partition coefficient (Wildman–Crippen LogP) is 12.6. The first kappa shape index (κ1) is 65.0. The molecular formula is C68H111KO9. The van der Waals surface area contributed by atoms with Gasteiger partial charge in [0.2, 0.25) is 0 Å². The van der Waals surface area contributed by atoms with Crippen molar-refractivity contribution in [2.75, 3.05) is 26.4 Å². The van der Waals surface area contributed by atoms with E-state index in [9.17, 15) is 19.5 Å².